The number of rotatable bonds is 6. The van der Waals surface area contributed by atoms with Gasteiger partial charge in [0.1, 0.15) is 16.6 Å². The number of carboxylic acid groups (broad SMARTS) is 1. The van der Waals surface area contributed by atoms with Crippen molar-refractivity contribution in [3.8, 4) is 11.5 Å². The van der Waals surface area contributed by atoms with E-state index in [0.29, 0.717) is 33.7 Å². The van der Waals surface area contributed by atoms with Crippen molar-refractivity contribution in [3.63, 3.8) is 0 Å². The maximum absolute atomic E-state index is 13.8. The van der Waals surface area contributed by atoms with E-state index in [9.17, 15) is 14.7 Å². The molecule has 3 aromatic carbocycles. The van der Waals surface area contributed by atoms with Crippen LogP contribution in [0.4, 0.5) is 0 Å². The number of hydrogen-bond acceptors (Lipinski definition) is 10. The Morgan fingerprint density at radius 2 is 1.69 bits per heavy atom. The highest BCUT2D eigenvalue weighted by Crippen LogP contribution is 2.35. The quantitative estimate of drug-likeness (QED) is 0.266. The summed E-state index contributed by atoms with van der Waals surface area (Å²) in [5.74, 6) is -0.647. The Hall–Kier alpha value is -4.22. The standard InChI is InChI=1S/C24H14N4O5S2/c29-23(14-3-6-19-20(10-14)33-11-32-19)15(7-12-1-4-17-21(8-12)34-28-25-17)22(24(30)31)13-2-5-16-18(9-13)27-35-26-16/h1-6,8-10H,7,11H2,(H,30,31). The fourth-order valence-electron chi connectivity index (χ4n) is 4.00. The van der Waals surface area contributed by atoms with Gasteiger partial charge in [0.2, 0.25) is 6.79 Å². The maximum Gasteiger partial charge on any atom is 0.336 e. The number of ether oxygens (including phenoxy) is 2. The molecule has 0 saturated heterocycles. The molecular weight excluding hydrogens is 488 g/mol. The molecule has 1 aliphatic heterocycles. The van der Waals surface area contributed by atoms with Gasteiger partial charge in [-0.15, -0.1) is 5.10 Å². The number of carbonyl (C=O) groups is 2. The zero-order valence-electron chi connectivity index (χ0n) is 17.8. The van der Waals surface area contributed by atoms with Gasteiger partial charge in [0.15, 0.2) is 17.3 Å². The number of nitrogens with zero attached hydrogens (tertiary/aromatic N) is 4. The van der Waals surface area contributed by atoms with Crippen LogP contribution in [0.1, 0.15) is 21.5 Å². The number of hydrogen-bond donors (Lipinski definition) is 1. The van der Waals surface area contributed by atoms with Crippen LogP contribution in [0.2, 0.25) is 0 Å². The normalized spacial score (nSPS) is 13.3. The highest BCUT2D eigenvalue weighted by Gasteiger charge is 2.26. The van der Waals surface area contributed by atoms with Crippen LogP contribution in [-0.4, -0.2) is 42.0 Å². The van der Waals surface area contributed by atoms with E-state index in [1.165, 1.54) is 11.5 Å². The number of aromatic nitrogens is 4. The van der Waals surface area contributed by atoms with Gasteiger partial charge in [0.05, 0.1) is 22.0 Å². The van der Waals surface area contributed by atoms with Crippen molar-refractivity contribution in [1.29, 1.82) is 0 Å². The molecule has 0 fully saturated rings. The summed E-state index contributed by atoms with van der Waals surface area (Å²) in [6.45, 7) is 0.0701. The molecule has 11 heteroatoms. The third kappa shape index (κ3) is 3.90. The van der Waals surface area contributed by atoms with E-state index in [2.05, 4.69) is 18.3 Å². The molecule has 2 aromatic heterocycles. The van der Waals surface area contributed by atoms with Crippen molar-refractivity contribution >= 4 is 61.8 Å². The molecule has 0 aliphatic carbocycles. The first-order valence-electron chi connectivity index (χ1n) is 10.4. The van der Waals surface area contributed by atoms with E-state index >= 15 is 0 Å². The van der Waals surface area contributed by atoms with E-state index < -0.39 is 11.8 Å². The first-order valence-corrected chi connectivity index (χ1v) is 11.9. The molecule has 0 bridgehead atoms. The molecule has 172 valence electrons. The van der Waals surface area contributed by atoms with Crippen LogP contribution >= 0.6 is 23.3 Å². The Bertz CT molecular complexity index is 1670. The van der Waals surface area contributed by atoms with Crippen molar-refractivity contribution in [3.05, 3.63) is 76.9 Å². The number of allylic oxidation sites excluding steroid dienone is 1. The Morgan fingerprint density at radius 1 is 0.886 bits per heavy atom. The van der Waals surface area contributed by atoms with Crippen molar-refractivity contribution < 1.29 is 24.2 Å². The van der Waals surface area contributed by atoms with Gasteiger partial charge in [0.25, 0.3) is 0 Å². The summed E-state index contributed by atoms with van der Waals surface area (Å²) in [6, 6.07) is 15.3. The summed E-state index contributed by atoms with van der Waals surface area (Å²) < 4.78 is 24.0. The van der Waals surface area contributed by atoms with Gasteiger partial charge in [0, 0.05) is 17.6 Å². The van der Waals surface area contributed by atoms with Gasteiger partial charge >= 0.3 is 5.97 Å². The Morgan fingerprint density at radius 3 is 2.57 bits per heavy atom. The minimum Gasteiger partial charge on any atom is -0.478 e. The smallest absolute Gasteiger partial charge is 0.336 e. The predicted octanol–water partition coefficient (Wildman–Crippen LogP) is 4.39. The molecule has 0 amide bonds. The summed E-state index contributed by atoms with van der Waals surface area (Å²) in [7, 11) is 0. The zero-order valence-corrected chi connectivity index (χ0v) is 19.4. The average Bonchev–Trinajstić information content (AvgIpc) is 3.62. The molecule has 0 atom stereocenters. The van der Waals surface area contributed by atoms with E-state index in [4.69, 9.17) is 9.47 Å². The molecule has 35 heavy (non-hydrogen) atoms. The summed E-state index contributed by atoms with van der Waals surface area (Å²) in [4.78, 5) is 26.4. The van der Waals surface area contributed by atoms with Crippen molar-refractivity contribution in [1.82, 2.24) is 18.3 Å². The van der Waals surface area contributed by atoms with Crippen LogP contribution in [0, 0.1) is 0 Å². The number of Topliss-reactive ketones (excluding diaryl/α,β-unsaturated/α-hetero) is 1. The number of aliphatic carboxylic acids is 1. The topological polar surface area (TPSA) is 124 Å². The maximum atomic E-state index is 13.8. The lowest BCUT2D eigenvalue weighted by Gasteiger charge is -2.13. The fraction of sp³-hybridized carbons (Fsp3) is 0.0833. The molecule has 6 rings (SSSR count). The molecule has 1 aliphatic rings. The van der Waals surface area contributed by atoms with Crippen molar-refractivity contribution in [2.75, 3.05) is 6.79 Å². The summed E-state index contributed by atoms with van der Waals surface area (Å²) in [5.41, 5.74) is 3.46. The Labute approximate surface area is 205 Å². The third-order valence-electron chi connectivity index (χ3n) is 5.66. The second kappa shape index (κ2) is 8.53. The second-order valence-corrected chi connectivity index (χ2v) is 9.09. The Kier molecular flexibility index (Phi) is 5.20. The van der Waals surface area contributed by atoms with Gasteiger partial charge in [-0.3, -0.25) is 4.79 Å². The lowest BCUT2D eigenvalue weighted by atomic mass is 9.89. The molecule has 0 saturated carbocycles. The second-order valence-electron chi connectivity index (χ2n) is 7.78. The van der Waals surface area contributed by atoms with Crippen LogP contribution < -0.4 is 9.47 Å². The minimum absolute atomic E-state index is 0.0701. The van der Waals surface area contributed by atoms with Crippen molar-refractivity contribution in [2.24, 2.45) is 0 Å². The Balaban J connectivity index is 1.52. The van der Waals surface area contributed by atoms with Crippen molar-refractivity contribution in [2.45, 2.75) is 6.42 Å². The van der Waals surface area contributed by atoms with Gasteiger partial charge in [-0.2, -0.15) is 8.75 Å². The molecule has 9 nitrogen and oxygen atoms in total. The van der Waals surface area contributed by atoms with Gasteiger partial charge < -0.3 is 14.6 Å². The van der Waals surface area contributed by atoms with E-state index in [0.717, 1.165) is 27.5 Å². The molecule has 1 N–H and O–H groups in total. The first kappa shape index (κ1) is 21.3. The zero-order chi connectivity index (χ0) is 23.9. The highest BCUT2D eigenvalue weighted by molar-refractivity contribution is 7.12. The molecule has 0 unspecified atom stereocenters. The molecule has 3 heterocycles. The van der Waals surface area contributed by atoms with E-state index in [-0.39, 0.29) is 24.4 Å². The summed E-state index contributed by atoms with van der Waals surface area (Å²) >= 11 is 2.28. The molecular formula is C24H14N4O5S2. The summed E-state index contributed by atoms with van der Waals surface area (Å²) in [5, 5.41) is 14.3. The number of ketones is 1. The number of carboxylic acids is 1. The molecule has 0 radical (unpaired) electrons. The van der Waals surface area contributed by atoms with Gasteiger partial charge in [-0.1, -0.05) is 16.6 Å². The highest BCUT2D eigenvalue weighted by atomic mass is 32.1. The lowest BCUT2D eigenvalue weighted by molar-refractivity contribution is -0.130. The van der Waals surface area contributed by atoms with E-state index in [1.54, 1.807) is 36.4 Å². The molecule has 5 aromatic rings. The van der Waals surface area contributed by atoms with E-state index in [1.807, 2.05) is 18.2 Å². The van der Waals surface area contributed by atoms with Gasteiger partial charge in [-0.05, 0) is 65.1 Å². The average molecular weight is 503 g/mol. The van der Waals surface area contributed by atoms with Crippen LogP contribution in [0.3, 0.4) is 0 Å². The SMILES string of the molecule is O=C(O)C(=C(Cc1ccc2nnsc2c1)C(=O)c1ccc2c(c1)OCO2)c1ccc2nsnc2c1. The minimum atomic E-state index is -1.21. The molecule has 0 spiro atoms. The number of carbonyl (C=O) groups excluding carboxylic acids is 1. The predicted molar refractivity (Wildman–Crippen MR) is 130 cm³/mol. The van der Waals surface area contributed by atoms with Gasteiger partial charge in [-0.25, -0.2) is 4.79 Å². The first-order chi connectivity index (χ1) is 17.1. The third-order valence-corrected chi connectivity index (χ3v) is 6.90. The van der Waals surface area contributed by atoms with Crippen LogP contribution in [0.5, 0.6) is 11.5 Å². The number of benzene rings is 3. The fourth-order valence-corrected chi connectivity index (χ4v) is 5.14. The van der Waals surface area contributed by atoms with Crippen LogP contribution in [-0.2, 0) is 11.2 Å². The lowest BCUT2D eigenvalue weighted by Crippen LogP contribution is -2.14. The monoisotopic (exact) mass is 502 g/mol. The number of fused-ring (bicyclic) bond motifs is 3. The summed E-state index contributed by atoms with van der Waals surface area (Å²) in [6.07, 6.45) is 0.0934. The largest absolute Gasteiger partial charge is 0.478 e. The van der Waals surface area contributed by atoms with Crippen LogP contribution in [0.25, 0.3) is 26.8 Å². The van der Waals surface area contributed by atoms with Crippen LogP contribution in [0.15, 0.2) is 60.2 Å².